The van der Waals surface area contributed by atoms with Crippen LogP contribution in [0.5, 0.6) is 0 Å². The van der Waals surface area contributed by atoms with E-state index in [1.807, 2.05) is 6.20 Å². The van der Waals surface area contributed by atoms with Crippen molar-refractivity contribution in [1.29, 1.82) is 0 Å². The standard InChI is InChI=1S/C16H22N4O/c1-21-13-12-20-11-8-17-16(20)18-14-4-6-15(7-5-14)19-9-2-3-10-19/h4-8,11H,2-3,9-10,12-13H2,1H3,(H,17,18). The van der Waals surface area contributed by atoms with Gasteiger partial charge in [0.15, 0.2) is 0 Å². The summed E-state index contributed by atoms with van der Waals surface area (Å²) in [5.41, 5.74) is 2.36. The van der Waals surface area contributed by atoms with E-state index in [-0.39, 0.29) is 0 Å². The zero-order valence-electron chi connectivity index (χ0n) is 12.5. The summed E-state index contributed by atoms with van der Waals surface area (Å²) in [5, 5.41) is 3.36. The molecule has 0 saturated carbocycles. The number of ether oxygens (including phenoxy) is 1. The maximum Gasteiger partial charge on any atom is 0.207 e. The second-order valence-corrected chi connectivity index (χ2v) is 5.30. The van der Waals surface area contributed by atoms with Crippen molar-refractivity contribution in [2.24, 2.45) is 0 Å². The Labute approximate surface area is 125 Å². The van der Waals surface area contributed by atoms with Crippen LogP contribution in [0.2, 0.25) is 0 Å². The van der Waals surface area contributed by atoms with Crippen LogP contribution >= 0.6 is 0 Å². The number of nitrogens with zero attached hydrogens (tertiary/aromatic N) is 3. The molecule has 0 aliphatic carbocycles. The van der Waals surface area contributed by atoms with Crippen molar-refractivity contribution >= 4 is 17.3 Å². The van der Waals surface area contributed by atoms with Crippen LogP contribution < -0.4 is 10.2 Å². The lowest BCUT2D eigenvalue weighted by Crippen LogP contribution is -2.17. The summed E-state index contributed by atoms with van der Waals surface area (Å²) in [6, 6.07) is 8.58. The second kappa shape index (κ2) is 6.63. The lowest BCUT2D eigenvalue weighted by atomic mass is 10.2. The first-order valence-electron chi connectivity index (χ1n) is 7.49. The minimum atomic E-state index is 0.680. The molecule has 0 unspecified atom stereocenters. The van der Waals surface area contributed by atoms with Gasteiger partial charge in [-0.25, -0.2) is 4.98 Å². The molecule has 1 N–H and O–H groups in total. The second-order valence-electron chi connectivity index (χ2n) is 5.30. The summed E-state index contributed by atoms with van der Waals surface area (Å²) in [6.45, 7) is 3.83. The van der Waals surface area contributed by atoms with E-state index in [9.17, 15) is 0 Å². The zero-order valence-corrected chi connectivity index (χ0v) is 12.5. The van der Waals surface area contributed by atoms with Gasteiger partial charge in [0.2, 0.25) is 5.95 Å². The number of hydrogen-bond donors (Lipinski definition) is 1. The Kier molecular flexibility index (Phi) is 4.40. The van der Waals surface area contributed by atoms with E-state index < -0.39 is 0 Å². The molecule has 1 saturated heterocycles. The van der Waals surface area contributed by atoms with Gasteiger partial charge in [-0.05, 0) is 37.1 Å². The molecule has 3 rings (SSSR count). The van der Waals surface area contributed by atoms with Crippen molar-refractivity contribution in [2.45, 2.75) is 19.4 Å². The smallest absolute Gasteiger partial charge is 0.207 e. The van der Waals surface area contributed by atoms with E-state index in [0.717, 1.165) is 18.2 Å². The normalized spacial score (nSPS) is 14.6. The Morgan fingerprint density at radius 1 is 1.19 bits per heavy atom. The molecule has 0 radical (unpaired) electrons. The number of methoxy groups -OCH3 is 1. The first-order chi connectivity index (χ1) is 10.4. The predicted molar refractivity (Wildman–Crippen MR) is 85.3 cm³/mol. The van der Waals surface area contributed by atoms with Gasteiger partial charge < -0.3 is 19.5 Å². The highest BCUT2D eigenvalue weighted by Crippen LogP contribution is 2.23. The lowest BCUT2D eigenvalue weighted by Gasteiger charge is -2.18. The number of imidazole rings is 1. The summed E-state index contributed by atoms with van der Waals surface area (Å²) in [7, 11) is 1.71. The Morgan fingerprint density at radius 2 is 1.95 bits per heavy atom. The number of benzene rings is 1. The third-order valence-corrected chi connectivity index (χ3v) is 3.85. The molecule has 1 aliphatic rings. The van der Waals surface area contributed by atoms with Crippen molar-refractivity contribution < 1.29 is 4.74 Å². The summed E-state index contributed by atoms with van der Waals surface area (Å²) in [6.07, 6.45) is 6.37. The number of anilines is 3. The van der Waals surface area contributed by atoms with Crippen molar-refractivity contribution in [3.05, 3.63) is 36.7 Å². The number of hydrogen-bond acceptors (Lipinski definition) is 4. The van der Waals surface area contributed by atoms with Gasteiger partial charge in [-0.2, -0.15) is 0 Å². The van der Waals surface area contributed by atoms with Gasteiger partial charge in [0.05, 0.1) is 6.61 Å². The van der Waals surface area contributed by atoms with Crippen LogP contribution in [0.4, 0.5) is 17.3 Å². The highest BCUT2D eigenvalue weighted by atomic mass is 16.5. The Balaban J connectivity index is 1.66. The van der Waals surface area contributed by atoms with Gasteiger partial charge >= 0.3 is 0 Å². The summed E-state index contributed by atoms with van der Waals surface area (Å²) >= 11 is 0. The molecule has 1 aromatic heterocycles. The van der Waals surface area contributed by atoms with Crippen molar-refractivity contribution in [1.82, 2.24) is 9.55 Å². The minimum Gasteiger partial charge on any atom is -0.383 e. The van der Waals surface area contributed by atoms with Crippen LogP contribution in [0, 0.1) is 0 Å². The fourth-order valence-corrected chi connectivity index (χ4v) is 2.66. The van der Waals surface area contributed by atoms with Crippen molar-refractivity contribution in [3.63, 3.8) is 0 Å². The fraction of sp³-hybridized carbons (Fsp3) is 0.438. The lowest BCUT2D eigenvalue weighted by molar-refractivity contribution is 0.188. The molecule has 21 heavy (non-hydrogen) atoms. The zero-order chi connectivity index (χ0) is 14.5. The highest BCUT2D eigenvalue weighted by Gasteiger charge is 2.12. The van der Waals surface area contributed by atoms with E-state index >= 15 is 0 Å². The molecule has 0 spiro atoms. The molecule has 0 bridgehead atoms. The number of nitrogens with one attached hydrogen (secondary N) is 1. The molecule has 2 aromatic rings. The van der Waals surface area contributed by atoms with Crippen molar-refractivity contribution in [3.8, 4) is 0 Å². The molecule has 1 aliphatic heterocycles. The third kappa shape index (κ3) is 3.36. The van der Waals surface area contributed by atoms with E-state index in [4.69, 9.17) is 4.74 Å². The van der Waals surface area contributed by atoms with Gasteiger partial charge in [-0.1, -0.05) is 0 Å². The molecule has 0 amide bonds. The number of rotatable bonds is 6. The summed E-state index contributed by atoms with van der Waals surface area (Å²) in [4.78, 5) is 6.78. The topological polar surface area (TPSA) is 42.3 Å². The van der Waals surface area contributed by atoms with Crippen LogP contribution in [0.1, 0.15) is 12.8 Å². The number of aromatic nitrogens is 2. The molecule has 5 nitrogen and oxygen atoms in total. The average molecular weight is 286 g/mol. The molecule has 112 valence electrons. The van der Waals surface area contributed by atoms with Crippen LogP contribution in [-0.4, -0.2) is 36.4 Å². The van der Waals surface area contributed by atoms with E-state index in [0.29, 0.717) is 6.61 Å². The largest absolute Gasteiger partial charge is 0.383 e. The Bertz CT molecular complexity index is 558. The van der Waals surface area contributed by atoms with Gasteiger partial charge in [-0.3, -0.25) is 0 Å². The molecular weight excluding hydrogens is 264 g/mol. The molecule has 1 fully saturated rings. The molecule has 1 aromatic carbocycles. The maximum absolute atomic E-state index is 5.11. The Hall–Kier alpha value is -2.01. The summed E-state index contributed by atoms with van der Waals surface area (Å²) < 4.78 is 7.16. The van der Waals surface area contributed by atoms with Gasteiger partial charge in [-0.15, -0.1) is 0 Å². The van der Waals surface area contributed by atoms with Crippen LogP contribution in [0.3, 0.4) is 0 Å². The molecular formula is C16H22N4O. The van der Waals surface area contributed by atoms with E-state index in [1.165, 1.54) is 31.6 Å². The average Bonchev–Trinajstić information content (AvgIpc) is 3.18. The highest BCUT2D eigenvalue weighted by molar-refractivity contribution is 5.59. The van der Waals surface area contributed by atoms with Gasteiger partial charge in [0.1, 0.15) is 0 Å². The first-order valence-corrected chi connectivity index (χ1v) is 7.49. The minimum absolute atomic E-state index is 0.680. The third-order valence-electron chi connectivity index (χ3n) is 3.85. The predicted octanol–water partition coefficient (Wildman–Crippen LogP) is 2.87. The van der Waals surface area contributed by atoms with Crippen molar-refractivity contribution in [2.75, 3.05) is 37.0 Å². The van der Waals surface area contributed by atoms with Crippen LogP contribution in [-0.2, 0) is 11.3 Å². The van der Waals surface area contributed by atoms with Gasteiger partial charge in [0.25, 0.3) is 0 Å². The summed E-state index contributed by atoms with van der Waals surface area (Å²) in [5.74, 6) is 0.848. The van der Waals surface area contributed by atoms with E-state index in [2.05, 4.69) is 44.0 Å². The molecule has 2 heterocycles. The fourth-order valence-electron chi connectivity index (χ4n) is 2.66. The molecule has 5 heteroatoms. The van der Waals surface area contributed by atoms with Gasteiger partial charge in [0, 0.05) is 50.5 Å². The first kappa shape index (κ1) is 13.9. The van der Waals surface area contributed by atoms with Crippen LogP contribution in [0.15, 0.2) is 36.7 Å². The quantitative estimate of drug-likeness (QED) is 0.886. The van der Waals surface area contributed by atoms with Crippen LogP contribution in [0.25, 0.3) is 0 Å². The maximum atomic E-state index is 5.11. The Morgan fingerprint density at radius 3 is 2.67 bits per heavy atom. The monoisotopic (exact) mass is 286 g/mol. The molecule has 0 atom stereocenters. The van der Waals surface area contributed by atoms with E-state index in [1.54, 1.807) is 13.3 Å². The SMILES string of the molecule is COCCn1ccnc1Nc1ccc(N2CCCC2)cc1.